The zero-order valence-electron chi connectivity index (χ0n) is 12.9. The number of benzene rings is 1. The Morgan fingerprint density at radius 3 is 2.33 bits per heavy atom. The third-order valence-electron chi connectivity index (χ3n) is 4.35. The van der Waals surface area contributed by atoms with Crippen molar-refractivity contribution in [3.05, 3.63) is 35.4 Å². The van der Waals surface area contributed by atoms with Gasteiger partial charge in [-0.25, -0.2) is 0 Å². The topological polar surface area (TPSA) is 57.6 Å². The summed E-state index contributed by atoms with van der Waals surface area (Å²) in [6.45, 7) is 4.57. The fourth-order valence-electron chi connectivity index (χ4n) is 3.17. The van der Waals surface area contributed by atoms with E-state index in [0.717, 1.165) is 5.56 Å². The van der Waals surface area contributed by atoms with Crippen molar-refractivity contribution in [3.8, 4) is 0 Å². The molecule has 114 valence electrons. The largest absolute Gasteiger partial charge is 0.481 e. The highest BCUT2D eigenvalue weighted by molar-refractivity contribution is 5.85. The first-order valence-electron chi connectivity index (χ1n) is 7.41. The smallest absolute Gasteiger partial charge is 0.307 e. The van der Waals surface area contributed by atoms with Gasteiger partial charge in [0.1, 0.15) is 0 Å². The number of carboxylic acid groups (broad SMARTS) is 1. The van der Waals surface area contributed by atoms with E-state index in [9.17, 15) is 14.7 Å². The van der Waals surface area contributed by atoms with E-state index in [1.54, 1.807) is 11.9 Å². The summed E-state index contributed by atoms with van der Waals surface area (Å²) in [4.78, 5) is 25.5. The van der Waals surface area contributed by atoms with E-state index in [1.165, 1.54) is 5.56 Å². The Morgan fingerprint density at radius 2 is 1.76 bits per heavy atom. The average Bonchev–Trinajstić information content (AvgIpc) is 2.82. The lowest BCUT2D eigenvalue weighted by molar-refractivity contribution is -0.148. The van der Waals surface area contributed by atoms with E-state index in [-0.39, 0.29) is 11.8 Å². The molecule has 1 amide bonds. The maximum atomic E-state index is 12.5. The van der Waals surface area contributed by atoms with Gasteiger partial charge >= 0.3 is 5.97 Å². The summed E-state index contributed by atoms with van der Waals surface area (Å²) in [7, 11) is 1.75. The SMILES string of the molecule is Cc1ccc(CN(C)C(=O)C2CC(C)CC2C(=O)O)cc1. The first-order valence-corrected chi connectivity index (χ1v) is 7.41. The number of carbonyl (C=O) groups is 2. The van der Waals surface area contributed by atoms with Crippen molar-refractivity contribution in [1.29, 1.82) is 0 Å². The van der Waals surface area contributed by atoms with Gasteiger partial charge in [-0.1, -0.05) is 36.8 Å². The number of nitrogens with zero attached hydrogens (tertiary/aromatic N) is 1. The van der Waals surface area contributed by atoms with E-state index >= 15 is 0 Å². The second-order valence-corrected chi connectivity index (χ2v) is 6.31. The van der Waals surface area contributed by atoms with Gasteiger partial charge in [0.05, 0.1) is 11.8 Å². The lowest BCUT2D eigenvalue weighted by atomic mass is 9.94. The zero-order chi connectivity index (χ0) is 15.6. The van der Waals surface area contributed by atoms with Gasteiger partial charge in [0.15, 0.2) is 0 Å². The summed E-state index contributed by atoms with van der Waals surface area (Å²) < 4.78 is 0. The number of aryl methyl sites for hydroxylation is 1. The molecule has 0 aromatic heterocycles. The summed E-state index contributed by atoms with van der Waals surface area (Å²) in [6, 6.07) is 8.05. The fraction of sp³-hybridized carbons (Fsp3) is 0.529. The Hall–Kier alpha value is -1.84. The van der Waals surface area contributed by atoms with Gasteiger partial charge in [-0.2, -0.15) is 0 Å². The van der Waals surface area contributed by atoms with E-state index in [4.69, 9.17) is 0 Å². The number of hydrogen-bond donors (Lipinski definition) is 1. The van der Waals surface area contributed by atoms with Gasteiger partial charge in [-0.15, -0.1) is 0 Å². The lowest BCUT2D eigenvalue weighted by Gasteiger charge is -2.23. The predicted octanol–water partition coefficient (Wildman–Crippen LogP) is 2.70. The van der Waals surface area contributed by atoms with Gasteiger partial charge in [0.2, 0.25) is 5.91 Å². The summed E-state index contributed by atoms with van der Waals surface area (Å²) in [5.74, 6) is -1.51. The van der Waals surface area contributed by atoms with Crippen LogP contribution in [-0.4, -0.2) is 28.9 Å². The van der Waals surface area contributed by atoms with Gasteiger partial charge in [-0.05, 0) is 31.2 Å². The number of hydrogen-bond acceptors (Lipinski definition) is 2. The fourth-order valence-corrected chi connectivity index (χ4v) is 3.17. The molecule has 1 saturated carbocycles. The van der Waals surface area contributed by atoms with Gasteiger partial charge < -0.3 is 10.0 Å². The molecule has 1 N–H and O–H groups in total. The molecular weight excluding hydrogens is 266 g/mol. The first-order chi connectivity index (χ1) is 9.88. The van der Waals surface area contributed by atoms with Crippen molar-refractivity contribution in [3.63, 3.8) is 0 Å². The first kappa shape index (κ1) is 15.5. The highest BCUT2D eigenvalue weighted by Crippen LogP contribution is 2.37. The van der Waals surface area contributed by atoms with E-state index in [2.05, 4.69) is 0 Å². The molecule has 0 radical (unpaired) electrons. The molecule has 3 unspecified atom stereocenters. The molecule has 0 spiro atoms. The Balaban J connectivity index is 2.04. The zero-order valence-corrected chi connectivity index (χ0v) is 12.9. The predicted molar refractivity (Wildman–Crippen MR) is 80.7 cm³/mol. The summed E-state index contributed by atoms with van der Waals surface area (Å²) in [6.07, 6.45) is 1.28. The number of rotatable bonds is 4. The van der Waals surface area contributed by atoms with Crippen molar-refractivity contribution in [2.45, 2.75) is 33.2 Å². The quantitative estimate of drug-likeness (QED) is 0.927. The average molecular weight is 289 g/mol. The maximum absolute atomic E-state index is 12.5. The molecule has 1 fully saturated rings. The molecule has 1 aromatic carbocycles. The van der Waals surface area contributed by atoms with Crippen molar-refractivity contribution in [1.82, 2.24) is 4.90 Å². The van der Waals surface area contributed by atoms with Crippen molar-refractivity contribution in [2.75, 3.05) is 7.05 Å². The van der Waals surface area contributed by atoms with Crippen LogP contribution in [0.2, 0.25) is 0 Å². The van der Waals surface area contributed by atoms with Crippen LogP contribution >= 0.6 is 0 Å². The summed E-state index contributed by atoms with van der Waals surface area (Å²) in [5.41, 5.74) is 2.25. The number of carbonyl (C=O) groups excluding carboxylic acids is 1. The normalized spacial score (nSPS) is 24.8. The Morgan fingerprint density at radius 1 is 1.19 bits per heavy atom. The Bertz CT molecular complexity index is 523. The minimum absolute atomic E-state index is 0.0488. The van der Waals surface area contributed by atoms with Crippen LogP contribution in [0.5, 0.6) is 0 Å². The van der Waals surface area contributed by atoms with Crippen LogP contribution in [-0.2, 0) is 16.1 Å². The van der Waals surface area contributed by atoms with Crippen molar-refractivity contribution in [2.24, 2.45) is 17.8 Å². The van der Waals surface area contributed by atoms with Crippen molar-refractivity contribution >= 4 is 11.9 Å². The maximum Gasteiger partial charge on any atom is 0.307 e. The molecular formula is C17H23NO3. The molecule has 1 aromatic rings. The van der Waals surface area contributed by atoms with E-state index < -0.39 is 11.9 Å². The van der Waals surface area contributed by atoms with Gasteiger partial charge in [0.25, 0.3) is 0 Å². The Labute approximate surface area is 125 Å². The second kappa shape index (κ2) is 6.29. The summed E-state index contributed by atoms with van der Waals surface area (Å²) in [5, 5.41) is 9.28. The number of amides is 1. The minimum Gasteiger partial charge on any atom is -0.481 e. The number of carboxylic acids is 1. The third kappa shape index (κ3) is 3.63. The molecule has 0 saturated heterocycles. The monoisotopic (exact) mass is 289 g/mol. The van der Waals surface area contributed by atoms with Crippen LogP contribution in [0.3, 0.4) is 0 Å². The van der Waals surface area contributed by atoms with Gasteiger partial charge in [0, 0.05) is 13.6 Å². The summed E-state index contributed by atoms with van der Waals surface area (Å²) >= 11 is 0. The highest BCUT2D eigenvalue weighted by atomic mass is 16.4. The van der Waals surface area contributed by atoms with Crippen molar-refractivity contribution < 1.29 is 14.7 Å². The lowest BCUT2D eigenvalue weighted by Crippen LogP contribution is -2.36. The van der Waals surface area contributed by atoms with Crippen LogP contribution < -0.4 is 0 Å². The van der Waals surface area contributed by atoms with Gasteiger partial charge in [-0.3, -0.25) is 9.59 Å². The molecule has 1 aliphatic carbocycles. The van der Waals surface area contributed by atoms with Crippen LogP contribution in [0.4, 0.5) is 0 Å². The molecule has 4 nitrogen and oxygen atoms in total. The van der Waals surface area contributed by atoms with Crippen LogP contribution in [0.15, 0.2) is 24.3 Å². The van der Waals surface area contributed by atoms with E-state index in [1.807, 2.05) is 38.1 Å². The van der Waals surface area contributed by atoms with Crippen LogP contribution in [0.1, 0.15) is 30.9 Å². The standard InChI is InChI=1S/C17H23NO3/c1-11-4-6-13(7-5-11)10-18(3)16(19)14-8-12(2)9-15(14)17(20)21/h4-7,12,14-15H,8-10H2,1-3H3,(H,20,21). The second-order valence-electron chi connectivity index (χ2n) is 6.31. The minimum atomic E-state index is -0.846. The molecule has 0 heterocycles. The molecule has 21 heavy (non-hydrogen) atoms. The molecule has 0 aliphatic heterocycles. The molecule has 3 atom stereocenters. The Kier molecular flexibility index (Phi) is 4.66. The van der Waals surface area contributed by atoms with Crippen LogP contribution in [0.25, 0.3) is 0 Å². The molecule has 4 heteroatoms. The molecule has 0 bridgehead atoms. The van der Waals surface area contributed by atoms with E-state index in [0.29, 0.717) is 25.3 Å². The molecule has 1 aliphatic rings. The highest BCUT2D eigenvalue weighted by Gasteiger charge is 2.42. The molecule has 2 rings (SSSR count). The third-order valence-corrected chi connectivity index (χ3v) is 4.35. The van der Waals surface area contributed by atoms with Crippen LogP contribution in [0, 0.1) is 24.7 Å². The number of aliphatic carboxylic acids is 1.